The zero-order chi connectivity index (χ0) is 13.6. The number of carbonyl (C=O) groups excluding carboxylic acids is 1. The number of nitrogens with two attached hydrogens (primary N) is 1. The maximum Gasteiger partial charge on any atom is 0.227 e. The van der Waals surface area contributed by atoms with Gasteiger partial charge in [-0.3, -0.25) is 4.79 Å². The van der Waals surface area contributed by atoms with Crippen LogP contribution in [0.4, 0.5) is 0 Å². The van der Waals surface area contributed by atoms with Crippen molar-refractivity contribution in [1.82, 2.24) is 4.90 Å². The molecule has 0 radical (unpaired) electrons. The summed E-state index contributed by atoms with van der Waals surface area (Å²) in [5, 5.41) is 0. The van der Waals surface area contributed by atoms with E-state index >= 15 is 0 Å². The summed E-state index contributed by atoms with van der Waals surface area (Å²) in [5.74, 6) is 1.31. The highest BCUT2D eigenvalue weighted by molar-refractivity contribution is 7.91. The van der Waals surface area contributed by atoms with Crippen LogP contribution in [0.1, 0.15) is 25.7 Å². The molecule has 3 fully saturated rings. The van der Waals surface area contributed by atoms with Crippen molar-refractivity contribution < 1.29 is 13.2 Å². The summed E-state index contributed by atoms with van der Waals surface area (Å²) in [6, 6.07) is -0.00823. The Hall–Kier alpha value is -0.330. The number of sulfone groups is 1. The van der Waals surface area contributed by atoms with E-state index in [1.807, 2.05) is 0 Å². The predicted molar refractivity (Wildman–Crippen MR) is 79.4 cm³/mol. The molecule has 4 atom stereocenters. The van der Waals surface area contributed by atoms with E-state index in [4.69, 9.17) is 5.73 Å². The first-order chi connectivity index (χ1) is 8.98. The summed E-state index contributed by atoms with van der Waals surface area (Å²) in [6.45, 7) is 0.917. The lowest BCUT2D eigenvalue weighted by atomic mass is 9.84. The van der Waals surface area contributed by atoms with Crippen molar-refractivity contribution in [1.29, 1.82) is 0 Å². The molecule has 2 N–H and O–H groups in total. The van der Waals surface area contributed by atoms with Crippen LogP contribution in [0.3, 0.4) is 0 Å². The molecule has 1 amide bonds. The van der Waals surface area contributed by atoms with Crippen molar-refractivity contribution in [2.45, 2.75) is 31.7 Å². The largest absolute Gasteiger partial charge is 0.341 e. The van der Waals surface area contributed by atoms with E-state index in [0.717, 1.165) is 19.3 Å². The molecule has 2 aliphatic carbocycles. The van der Waals surface area contributed by atoms with Crippen LogP contribution in [0.25, 0.3) is 0 Å². The van der Waals surface area contributed by atoms with Gasteiger partial charge in [0.2, 0.25) is 5.91 Å². The smallest absolute Gasteiger partial charge is 0.227 e. The lowest BCUT2D eigenvalue weighted by molar-refractivity contribution is -0.137. The van der Waals surface area contributed by atoms with Gasteiger partial charge < -0.3 is 10.6 Å². The van der Waals surface area contributed by atoms with Gasteiger partial charge in [0.05, 0.1) is 17.4 Å². The lowest BCUT2D eigenvalue weighted by Gasteiger charge is -2.32. The van der Waals surface area contributed by atoms with Gasteiger partial charge in [0.25, 0.3) is 0 Å². The SMILES string of the molecule is Cl.NC1C2CCC(C2)C1C(=O)N1CCCS(=O)(=O)CC1. The van der Waals surface area contributed by atoms with Crippen molar-refractivity contribution >= 4 is 28.2 Å². The van der Waals surface area contributed by atoms with Gasteiger partial charge in [-0.15, -0.1) is 12.4 Å². The molecule has 5 nitrogen and oxygen atoms in total. The number of hydrogen-bond donors (Lipinski definition) is 1. The third kappa shape index (κ3) is 2.83. The molecular formula is C13H23ClN2O3S. The Balaban J connectivity index is 0.00000147. The molecule has 0 aromatic carbocycles. The zero-order valence-corrected chi connectivity index (χ0v) is 13.2. The van der Waals surface area contributed by atoms with E-state index in [0.29, 0.717) is 31.3 Å². The fraction of sp³-hybridized carbons (Fsp3) is 0.923. The van der Waals surface area contributed by atoms with Crippen LogP contribution in [0.2, 0.25) is 0 Å². The average molecular weight is 323 g/mol. The average Bonchev–Trinajstić information content (AvgIpc) is 2.88. The van der Waals surface area contributed by atoms with E-state index in [1.165, 1.54) is 0 Å². The second-order valence-electron chi connectivity index (χ2n) is 6.27. The lowest BCUT2D eigenvalue weighted by Crippen LogP contribution is -2.47. The zero-order valence-electron chi connectivity index (χ0n) is 11.5. The number of fused-ring (bicyclic) bond motifs is 2. The van der Waals surface area contributed by atoms with E-state index in [2.05, 4.69) is 0 Å². The van der Waals surface area contributed by atoms with Crippen LogP contribution in [0, 0.1) is 17.8 Å². The first-order valence-electron chi connectivity index (χ1n) is 7.23. The van der Waals surface area contributed by atoms with Gasteiger partial charge in [-0.25, -0.2) is 8.42 Å². The minimum atomic E-state index is -2.96. The number of halogens is 1. The van der Waals surface area contributed by atoms with Gasteiger partial charge in [-0.1, -0.05) is 0 Å². The number of nitrogens with zero attached hydrogens (tertiary/aromatic N) is 1. The summed E-state index contributed by atoms with van der Waals surface area (Å²) in [5.41, 5.74) is 6.20. The highest BCUT2D eigenvalue weighted by Crippen LogP contribution is 2.48. The third-order valence-electron chi connectivity index (χ3n) is 5.13. The van der Waals surface area contributed by atoms with Gasteiger partial charge in [-0.05, 0) is 37.5 Å². The van der Waals surface area contributed by atoms with E-state index in [-0.39, 0.29) is 41.8 Å². The first kappa shape index (κ1) is 16.0. The molecule has 4 unspecified atom stereocenters. The van der Waals surface area contributed by atoms with Crippen LogP contribution in [0.5, 0.6) is 0 Å². The summed E-state index contributed by atoms with van der Waals surface area (Å²) >= 11 is 0. The Morgan fingerprint density at radius 3 is 2.45 bits per heavy atom. The third-order valence-corrected chi connectivity index (χ3v) is 6.85. The van der Waals surface area contributed by atoms with E-state index in [1.54, 1.807) is 4.90 Å². The molecule has 2 saturated carbocycles. The number of rotatable bonds is 1. The predicted octanol–water partition coefficient (Wildman–Crippen LogP) is 0.429. The quantitative estimate of drug-likeness (QED) is 0.759. The second kappa shape index (κ2) is 5.81. The summed E-state index contributed by atoms with van der Waals surface area (Å²) in [4.78, 5) is 14.4. The van der Waals surface area contributed by atoms with Crippen molar-refractivity contribution in [3.63, 3.8) is 0 Å². The molecule has 1 saturated heterocycles. The van der Waals surface area contributed by atoms with E-state index in [9.17, 15) is 13.2 Å². The Morgan fingerprint density at radius 1 is 1.10 bits per heavy atom. The normalized spacial score (nSPS) is 39.1. The molecule has 0 spiro atoms. The maximum atomic E-state index is 12.6. The van der Waals surface area contributed by atoms with Crippen molar-refractivity contribution in [3.8, 4) is 0 Å². The van der Waals surface area contributed by atoms with Gasteiger partial charge in [-0.2, -0.15) is 0 Å². The monoisotopic (exact) mass is 322 g/mol. The van der Waals surface area contributed by atoms with Crippen LogP contribution < -0.4 is 5.73 Å². The Labute approximate surface area is 126 Å². The van der Waals surface area contributed by atoms with Crippen molar-refractivity contribution in [2.75, 3.05) is 24.6 Å². The fourth-order valence-electron chi connectivity index (χ4n) is 4.07. The molecule has 1 aliphatic heterocycles. The Kier molecular flexibility index (Phi) is 4.66. The fourth-order valence-corrected chi connectivity index (χ4v) is 5.34. The number of carbonyl (C=O) groups is 1. The molecule has 3 aliphatic rings. The van der Waals surface area contributed by atoms with Gasteiger partial charge in [0.15, 0.2) is 9.84 Å². The van der Waals surface area contributed by atoms with Gasteiger partial charge in [0.1, 0.15) is 0 Å². The van der Waals surface area contributed by atoms with Gasteiger partial charge >= 0.3 is 0 Å². The van der Waals surface area contributed by atoms with Crippen LogP contribution in [-0.4, -0.2) is 49.9 Å². The Morgan fingerprint density at radius 2 is 1.80 bits per heavy atom. The maximum absolute atomic E-state index is 12.6. The van der Waals surface area contributed by atoms with Crippen LogP contribution in [-0.2, 0) is 14.6 Å². The van der Waals surface area contributed by atoms with Gasteiger partial charge in [0, 0.05) is 19.1 Å². The molecule has 3 rings (SSSR count). The van der Waals surface area contributed by atoms with E-state index < -0.39 is 9.84 Å². The van der Waals surface area contributed by atoms with Crippen molar-refractivity contribution in [2.24, 2.45) is 23.5 Å². The highest BCUT2D eigenvalue weighted by atomic mass is 35.5. The topological polar surface area (TPSA) is 80.5 Å². The second-order valence-corrected chi connectivity index (χ2v) is 8.57. The molecule has 20 heavy (non-hydrogen) atoms. The highest BCUT2D eigenvalue weighted by Gasteiger charge is 2.50. The molecule has 1 heterocycles. The summed E-state index contributed by atoms with van der Waals surface area (Å²) in [7, 11) is -2.96. The number of hydrogen-bond acceptors (Lipinski definition) is 4. The molecular weight excluding hydrogens is 300 g/mol. The minimum Gasteiger partial charge on any atom is -0.341 e. The Bertz CT molecular complexity index is 480. The van der Waals surface area contributed by atoms with Crippen molar-refractivity contribution in [3.05, 3.63) is 0 Å². The number of amides is 1. The van der Waals surface area contributed by atoms with Crippen LogP contribution >= 0.6 is 12.4 Å². The summed E-state index contributed by atoms with van der Waals surface area (Å²) < 4.78 is 23.2. The molecule has 116 valence electrons. The molecule has 0 aromatic heterocycles. The van der Waals surface area contributed by atoms with Crippen LogP contribution in [0.15, 0.2) is 0 Å². The summed E-state index contributed by atoms with van der Waals surface area (Å²) in [6.07, 6.45) is 3.92. The standard InChI is InChI=1S/C13H22N2O3S.ClH/c14-12-10-3-2-9(8-10)11(12)13(16)15-4-1-6-19(17,18)7-5-15;/h9-12H,1-8,14H2;1H. The minimum absolute atomic E-state index is 0. The molecule has 7 heteroatoms. The molecule has 0 aromatic rings. The first-order valence-corrected chi connectivity index (χ1v) is 9.05. The molecule has 2 bridgehead atoms.